The van der Waals surface area contributed by atoms with Gasteiger partial charge in [0.05, 0.1) is 13.7 Å². The summed E-state index contributed by atoms with van der Waals surface area (Å²) in [4.78, 5) is 10.6. The Hall–Kier alpha value is -1.71. The van der Waals surface area contributed by atoms with Crippen molar-refractivity contribution in [3.05, 3.63) is 23.8 Å². The lowest BCUT2D eigenvalue weighted by Crippen LogP contribution is -2.21. The molecule has 0 aliphatic heterocycles. The van der Waals surface area contributed by atoms with Gasteiger partial charge < -0.3 is 15.8 Å². The van der Waals surface area contributed by atoms with Crippen molar-refractivity contribution in [2.45, 2.75) is 19.8 Å². The number of hydrogen-bond acceptors (Lipinski definition) is 3. The minimum absolute atomic E-state index is 0.143. The molecule has 0 bridgehead atoms. The Morgan fingerprint density at radius 1 is 1.50 bits per heavy atom. The molecule has 4 nitrogen and oxygen atoms in total. The summed E-state index contributed by atoms with van der Waals surface area (Å²) in [5, 5.41) is 2.96. The first-order chi connectivity index (χ1) is 7.54. The highest BCUT2D eigenvalue weighted by Crippen LogP contribution is 2.28. The van der Waals surface area contributed by atoms with E-state index in [2.05, 4.69) is 19.2 Å². The van der Waals surface area contributed by atoms with Crippen LogP contribution in [-0.2, 0) is 4.79 Å². The summed E-state index contributed by atoms with van der Waals surface area (Å²) in [5.74, 6) is 0.854. The Bertz CT molecular complexity index is 375. The number of nitrogens with two attached hydrogens (primary N) is 1. The van der Waals surface area contributed by atoms with Crippen LogP contribution in [0.3, 0.4) is 0 Å². The fourth-order valence-corrected chi connectivity index (χ4v) is 1.48. The lowest BCUT2D eigenvalue weighted by Gasteiger charge is -2.14. The number of nitrogens with one attached hydrogen (secondary N) is 1. The van der Waals surface area contributed by atoms with Crippen LogP contribution in [0.1, 0.15) is 25.3 Å². The molecule has 0 aliphatic rings. The summed E-state index contributed by atoms with van der Waals surface area (Å²) in [6.07, 6.45) is 0. The monoisotopic (exact) mass is 222 g/mol. The van der Waals surface area contributed by atoms with E-state index >= 15 is 0 Å². The third kappa shape index (κ3) is 3.15. The number of ether oxygens (including phenoxy) is 1. The zero-order chi connectivity index (χ0) is 12.1. The molecule has 1 amide bonds. The van der Waals surface area contributed by atoms with E-state index in [-0.39, 0.29) is 12.5 Å². The number of methoxy groups -OCH3 is 1. The number of benzene rings is 1. The average molecular weight is 222 g/mol. The maximum Gasteiger partial charge on any atom is 0.236 e. The predicted molar refractivity (Wildman–Crippen MR) is 64.8 cm³/mol. The number of hydrogen-bond donors (Lipinski definition) is 2. The van der Waals surface area contributed by atoms with Gasteiger partial charge in [0.15, 0.2) is 0 Å². The molecule has 0 saturated heterocycles. The molecule has 0 unspecified atom stereocenters. The highest BCUT2D eigenvalue weighted by molar-refractivity contribution is 5.78. The number of carbonyl (C=O) groups is 1. The van der Waals surface area contributed by atoms with Gasteiger partial charge in [-0.15, -0.1) is 0 Å². The molecule has 0 atom stereocenters. The number of amides is 1. The molecule has 0 radical (unpaired) electrons. The van der Waals surface area contributed by atoms with Crippen LogP contribution < -0.4 is 15.8 Å². The number of anilines is 1. The molecule has 88 valence electrons. The Labute approximate surface area is 95.8 Å². The summed E-state index contributed by atoms with van der Waals surface area (Å²) >= 11 is 0. The van der Waals surface area contributed by atoms with Crippen LogP contribution in [0.25, 0.3) is 0 Å². The SMILES string of the molecule is COc1ccc(NCC(N)=O)cc1C(C)C. The fourth-order valence-electron chi connectivity index (χ4n) is 1.48. The van der Waals surface area contributed by atoms with E-state index in [1.54, 1.807) is 7.11 Å². The van der Waals surface area contributed by atoms with Crippen molar-refractivity contribution in [2.24, 2.45) is 5.73 Å². The van der Waals surface area contributed by atoms with Gasteiger partial charge in [-0.25, -0.2) is 0 Å². The van der Waals surface area contributed by atoms with Gasteiger partial charge in [-0.1, -0.05) is 13.8 Å². The predicted octanol–water partition coefficient (Wildman–Crippen LogP) is 1.72. The van der Waals surface area contributed by atoms with Gasteiger partial charge in [-0.3, -0.25) is 4.79 Å². The molecular weight excluding hydrogens is 204 g/mol. The molecule has 3 N–H and O–H groups in total. The van der Waals surface area contributed by atoms with E-state index in [0.717, 1.165) is 17.0 Å². The van der Waals surface area contributed by atoms with Gasteiger partial charge in [-0.2, -0.15) is 0 Å². The minimum Gasteiger partial charge on any atom is -0.496 e. The average Bonchev–Trinajstić information content (AvgIpc) is 2.25. The van der Waals surface area contributed by atoms with E-state index in [1.165, 1.54) is 0 Å². The number of carbonyl (C=O) groups excluding carboxylic acids is 1. The van der Waals surface area contributed by atoms with Gasteiger partial charge in [0.1, 0.15) is 5.75 Å². The molecule has 1 rings (SSSR count). The third-order valence-corrected chi connectivity index (χ3v) is 2.32. The van der Waals surface area contributed by atoms with E-state index in [4.69, 9.17) is 10.5 Å². The van der Waals surface area contributed by atoms with E-state index < -0.39 is 0 Å². The zero-order valence-electron chi connectivity index (χ0n) is 9.91. The van der Waals surface area contributed by atoms with Crippen molar-refractivity contribution < 1.29 is 9.53 Å². The van der Waals surface area contributed by atoms with Crippen molar-refractivity contribution in [3.63, 3.8) is 0 Å². The third-order valence-electron chi connectivity index (χ3n) is 2.32. The molecule has 1 aromatic rings. The largest absolute Gasteiger partial charge is 0.496 e. The minimum atomic E-state index is -0.373. The smallest absolute Gasteiger partial charge is 0.236 e. The summed E-state index contributed by atoms with van der Waals surface area (Å²) in [6, 6.07) is 5.73. The lowest BCUT2D eigenvalue weighted by atomic mass is 10.0. The van der Waals surface area contributed by atoms with E-state index in [0.29, 0.717) is 5.92 Å². The Morgan fingerprint density at radius 2 is 2.19 bits per heavy atom. The first kappa shape index (κ1) is 12.4. The molecule has 0 saturated carbocycles. The molecule has 0 fully saturated rings. The molecular formula is C12H18N2O2. The summed E-state index contributed by atoms with van der Waals surface area (Å²) in [7, 11) is 1.65. The van der Waals surface area contributed by atoms with Crippen molar-refractivity contribution in [1.82, 2.24) is 0 Å². The summed E-state index contributed by atoms with van der Waals surface area (Å²) in [6.45, 7) is 4.33. The molecule has 16 heavy (non-hydrogen) atoms. The van der Waals surface area contributed by atoms with Crippen molar-refractivity contribution in [1.29, 1.82) is 0 Å². The highest BCUT2D eigenvalue weighted by atomic mass is 16.5. The van der Waals surface area contributed by atoms with Crippen LogP contribution in [0.15, 0.2) is 18.2 Å². The molecule has 0 heterocycles. The van der Waals surface area contributed by atoms with Gasteiger partial charge in [0, 0.05) is 5.69 Å². The fraction of sp³-hybridized carbons (Fsp3) is 0.417. The molecule has 0 spiro atoms. The van der Waals surface area contributed by atoms with Crippen molar-refractivity contribution in [3.8, 4) is 5.75 Å². The van der Waals surface area contributed by atoms with E-state index in [9.17, 15) is 4.79 Å². The Kier molecular flexibility index (Phi) is 4.17. The molecule has 1 aromatic carbocycles. The van der Waals surface area contributed by atoms with Crippen molar-refractivity contribution >= 4 is 11.6 Å². The van der Waals surface area contributed by atoms with Crippen LogP contribution in [-0.4, -0.2) is 19.6 Å². The van der Waals surface area contributed by atoms with Gasteiger partial charge in [0.2, 0.25) is 5.91 Å². The second kappa shape index (κ2) is 5.39. The van der Waals surface area contributed by atoms with Crippen molar-refractivity contribution in [2.75, 3.05) is 19.0 Å². The van der Waals surface area contributed by atoms with Gasteiger partial charge in [-0.05, 0) is 29.7 Å². The number of rotatable bonds is 5. The maximum atomic E-state index is 10.6. The van der Waals surface area contributed by atoms with Gasteiger partial charge >= 0.3 is 0 Å². The zero-order valence-corrected chi connectivity index (χ0v) is 9.91. The first-order valence-electron chi connectivity index (χ1n) is 5.24. The topological polar surface area (TPSA) is 64.3 Å². The Morgan fingerprint density at radius 3 is 2.69 bits per heavy atom. The standard InChI is InChI=1S/C12H18N2O2/c1-8(2)10-6-9(14-7-12(13)15)4-5-11(10)16-3/h4-6,8,14H,7H2,1-3H3,(H2,13,15). The van der Waals surface area contributed by atoms with Crippen LogP contribution in [0, 0.1) is 0 Å². The van der Waals surface area contributed by atoms with Crippen LogP contribution >= 0.6 is 0 Å². The maximum absolute atomic E-state index is 10.6. The van der Waals surface area contributed by atoms with Crippen LogP contribution in [0.4, 0.5) is 5.69 Å². The van der Waals surface area contributed by atoms with Crippen LogP contribution in [0.2, 0.25) is 0 Å². The Balaban J connectivity index is 2.89. The first-order valence-corrected chi connectivity index (χ1v) is 5.24. The second-order valence-electron chi connectivity index (χ2n) is 3.93. The van der Waals surface area contributed by atoms with Crippen LogP contribution in [0.5, 0.6) is 5.75 Å². The summed E-state index contributed by atoms with van der Waals surface area (Å²) in [5.41, 5.74) is 7.05. The highest BCUT2D eigenvalue weighted by Gasteiger charge is 2.08. The lowest BCUT2D eigenvalue weighted by molar-refractivity contribution is -0.116. The van der Waals surface area contributed by atoms with Gasteiger partial charge in [0.25, 0.3) is 0 Å². The second-order valence-corrected chi connectivity index (χ2v) is 3.93. The molecule has 0 aliphatic carbocycles. The quantitative estimate of drug-likeness (QED) is 0.797. The summed E-state index contributed by atoms with van der Waals surface area (Å²) < 4.78 is 5.27. The number of primary amides is 1. The molecule has 0 aromatic heterocycles. The van der Waals surface area contributed by atoms with E-state index in [1.807, 2.05) is 18.2 Å². The normalized spacial score (nSPS) is 10.2. The molecule has 4 heteroatoms.